The Morgan fingerprint density at radius 2 is 1.75 bits per heavy atom. The lowest BCUT2D eigenvalue weighted by molar-refractivity contribution is 0.0918. The smallest absolute Gasteiger partial charge is 0.450 e. The van der Waals surface area contributed by atoms with Crippen LogP contribution in [0.5, 0.6) is 0 Å². The van der Waals surface area contributed by atoms with Crippen molar-refractivity contribution in [1.82, 2.24) is 0 Å². The number of hydrogen-bond donors (Lipinski definition) is 1. The van der Waals surface area contributed by atoms with E-state index < -0.39 is 6.16 Å². The van der Waals surface area contributed by atoms with Gasteiger partial charge in [-0.25, -0.2) is 4.79 Å². The molecule has 0 aliphatic rings. The lowest BCUT2D eigenvalue weighted by Crippen LogP contribution is -1.99. The van der Waals surface area contributed by atoms with Crippen molar-refractivity contribution in [2.75, 3.05) is 19.8 Å². The molecule has 0 heterocycles. The Labute approximate surface area is 73.5 Å². The van der Waals surface area contributed by atoms with Crippen molar-refractivity contribution in [2.45, 2.75) is 27.2 Å². The molecule has 0 aromatic carbocycles. The highest BCUT2D eigenvalue weighted by Gasteiger charge is 1.89. The van der Waals surface area contributed by atoms with Gasteiger partial charge in [-0.1, -0.05) is 6.92 Å². The van der Waals surface area contributed by atoms with E-state index in [1.807, 2.05) is 20.8 Å². The molecule has 0 fully saturated rings. The SMILES string of the molecule is CCCOC(=O)O.CCOCC. The van der Waals surface area contributed by atoms with Gasteiger partial charge in [0.05, 0.1) is 6.61 Å². The Hall–Kier alpha value is -0.770. The minimum atomic E-state index is -1.19. The Bertz CT molecular complexity index is 91.1. The third-order valence-corrected chi connectivity index (χ3v) is 0.838. The maximum atomic E-state index is 9.54. The minimum Gasteiger partial charge on any atom is -0.450 e. The van der Waals surface area contributed by atoms with E-state index in [1.165, 1.54) is 0 Å². The predicted octanol–water partition coefficient (Wildman–Crippen LogP) is 2.13. The number of ether oxygens (including phenoxy) is 2. The topological polar surface area (TPSA) is 55.8 Å². The van der Waals surface area contributed by atoms with Gasteiger partial charge < -0.3 is 14.6 Å². The fourth-order valence-electron chi connectivity index (χ4n) is 0.393. The van der Waals surface area contributed by atoms with Crippen LogP contribution in [-0.4, -0.2) is 31.1 Å². The number of hydrogen-bond acceptors (Lipinski definition) is 3. The first-order valence-electron chi connectivity index (χ1n) is 4.12. The second kappa shape index (κ2) is 12.9. The van der Waals surface area contributed by atoms with Crippen LogP contribution >= 0.6 is 0 Å². The Balaban J connectivity index is 0. The fourth-order valence-corrected chi connectivity index (χ4v) is 0.393. The summed E-state index contributed by atoms with van der Waals surface area (Å²) in [6.07, 6.45) is -0.450. The standard InChI is InChI=1S/C4H8O3.C4H10O/c1-2-3-7-4(5)6;1-3-5-4-2/h2-3H2,1H3,(H,5,6);3-4H2,1-2H3. The van der Waals surface area contributed by atoms with E-state index in [0.29, 0.717) is 6.61 Å². The fraction of sp³-hybridized carbons (Fsp3) is 0.875. The van der Waals surface area contributed by atoms with Crippen LogP contribution in [0.4, 0.5) is 4.79 Å². The Kier molecular flexibility index (Phi) is 14.8. The van der Waals surface area contributed by atoms with Crippen LogP contribution in [-0.2, 0) is 9.47 Å². The van der Waals surface area contributed by atoms with Gasteiger partial charge in [-0.2, -0.15) is 0 Å². The highest BCUT2D eigenvalue weighted by molar-refractivity contribution is 5.56. The van der Waals surface area contributed by atoms with Gasteiger partial charge in [0.25, 0.3) is 0 Å². The highest BCUT2D eigenvalue weighted by atomic mass is 16.7. The van der Waals surface area contributed by atoms with Crippen molar-refractivity contribution in [3.8, 4) is 0 Å². The molecule has 12 heavy (non-hydrogen) atoms. The first kappa shape index (κ1) is 13.8. The molecule has 0 atom stereocenters. The van der Waals surface area contributed by atoms with Crippen molar-refractivity contribution >= 4 is 6.16 Å². The van der Waals surface area contributed by atoms with Gasteiger partial charge in [0.2, 0.25) is 0 Å². The zero-order valence-electron chi connectivity index (χ0n) is 8.00. The largest absolute Gasteiger partial charge is 0.505 e. The predicted molar refractivity (Wildman–Crippen MR) is 46.4 cm³/mol. The number of carboxylic acid groups (broad SMARTS) is 1. The van der Waals surface area contributed by atoms with Gasteiger partial charge in [-0.15, -0.1) is 0 Å². The first-order valence-corrected chi connectivity index (χ1v) is 4.12. The van der Waals surface area contributed by atoms with E-state index in [0.717, 1.165) is 19.6 Å². The summed E-state index contributed by atoms with van der Waals surface area (Å²) in [4.78, 5) is 9.54. The molecule has 0 saturated carbocycles. The summed E-state index contributed by atoms with van der Waals surface area (Å²) in [7, 11) is 0. The Morgan fingerprint density at radius 1 is 1.25 bits per heavy atom. The summed E-state index contributed by atoms with van der Waals surface area (Å²) in [5, 5.41) is 7.82. The molecule has 0 aliphatic heterocycles. The summed E-state index contributed by atoms with van der Waals surface area (Å²) in [6.45, 7) is 7.82. The molecule has 4 heteroatoms. The molecule has 0 radical (unpaired) electrons. The lowest BCUT2D eigenvalue weighted by atomic mass is 10.5. The monoisotopic (exact) mass is 178 g/mol. The number of carbonyl (C=O) groups is 1. The van der Waals surface area contributed by atoms with Crippen LogP contribution in [0.1, 0.15) is 27.2 Å². The van der Waals surface area contributed by atoms with Crippen molar-refractivity contribution in [2.24, 2.45) is 0 Å². The van der Waals surface area contributed by atoms with Crippen molar-refractivity contribution in [3.63, 3.8) is 0 Å². The molecule has 1 N–H and O–H groups in total. The van der Waals surface area contributed by atoms with E-state index in [9.17, 15) is 4.79 Å². The van der Waals surface area contributed by atoms with E-state index >= 15 is 0 Å². The molecule has 0 saturated heterocycles. The highest BCUT2D eigenvalue weighted by Crippen LogP contribution is 1.78. The van der Waals surface area contributed by atoms with E-state index in [1.54, 1.807) is 0 Å². The average Bonchev–Trinajstić information content (AvgIpc) is 2.03. The molecule has 74 valence electrons. The van der Waals surface area contributed by atoms with Crippen LogP contribution in [0.25, 0.3) is 0 Å². The minimum absolute atomic E-state index is 0.301. The Morgan fingerprint density at radius 3 is 1.83 bits per heavy atom. The first-order chi connectivity index (χ1) is 5.68. The third kappa shape index (κ3) is 22.9. The van der Waals surface area contributed by atoms with Crippen LogP contribution in [0, 0.1) is 0 Å². The van der Waals surface area contributed by atoms with Crippen LogP contribution < -0.4 is 0 Å². The zero-order valence-corrected chi connectivity index (χ0v) is 8.00. The van der Waals surface area contributed by atoms with Gasteiger partial charge in [-0.3, -0.25) is 0 Å². The molecule has 0 bridgehead atoms. The van der Waals surface area contributed by atoms with Crippen molar-refractivity contribution in [1.29, 1.82) is 0 Å². The van der Waals surface area contributed by atoms with E-state index in [2.05, 4.69) is 4.74 Å². The zero-order chi connectivity index (χ0) is 9.82. The van der Waals surface area contributed by atoms with E-state index in [4.69, 9.17) is 9.84 Å². The second-order valence-electron chi connectivity index (χ2n) is 1.90. The molecule has 0 amide bonds. The molecular formula is C8H18O4. The molecule has 0 aliphatic carbocycles. The molecule has 0 aromatic heterocycles. The molecule has 0 aromatic rings. The molecule has 0 rings (SSSR count). The van der Waals surface area contributed by atoms with Gasteiger partial charge in [0.15, 0.2) is 0 Å². The maximum Gasteiger partial charge on any atom is 0.505 e. The summed E-state index contributed by atoms with van der Waals surface area (Å²) < 4.78 is 8.94. The van der Waals surface area contributed by atoms with Crippen LogP contribution in [0.15, 0.2) is 0 Å². The summed E-state index contributed by atoms with van der Waals surface area (Å²) in [6, 6.07) is 0. The van der Waals surface area contributed by atoms with E-state index in [-0.39, 0.29) is 0 Å². The van der Waals surface area contributed by atoms with Gasteiger partial charge >= 0.3 is 6.16 Å². The summed E-state index contributed by atoms with van der Waals surface area (Å²) >= 11 is 0. The molecule has 0 unspecified atom stereocenters. The quantitative estimate of drug-likeness (QED) is 0.670. The average molecular weight is 178 g/mol. The second-order valence-corrected chi connectivity index (χ2v) is 1.90. The number of rotatable bonds is 4. The van der Waals surface area contributed by atoms with Crippen molar-refractivity contribution < 1.29 is 19.4 Å². The van der Waals surface area contributed by atoms with Gasteiger partial charge in [0, 0.05) is 13.2 Å². The summed E-state index contributed by atoms with van der Waals surface area (Å²) in [5.41, 5.74) is 0. The van der Waals surface area contributed by atoms with Crippen LogP contribution in [0.3, 0.4) is 0 Å². The normalized spacial score (nSPS) is 8.25. The molecule has 4 nitrogen and oxygen atoms in total. The molecule has 0 spiro atoms. The lowest BCUT2D eigenvalue weighted by Gasteiger charge is -1.91. The van der Waals surface area contributed by atoms with Crippen LogP contribution in [0.2, 0.25) is 0 Å². The van der Waals surface area contributed by atoms with Gasteiger partial charge in [0.1, 0.15) is 0 Å². The summed E-state index contributed by atoms with van der Waals surface area (Å²) in [5.74, 6) is 0. The van der Waals surface area contributed by atoms with Gasteiger partial charge in [-0.05, 0) is 20.3 Å². The maximum absolute atomic E-state index is 9.54. The molecular weight excluding hydrogens is 160 g/mol. The third-order valence-electron chi connectivity index (χ3n) is 0.838. The van der Waals surface area contributed by atoms with Crippen molar-refractivity contribution in [3.05, 3.63) is 0 Å².